The molecule has 2 aliphatic carbocycles. The largest absolute Gasteiger partial charge is 0.353 e. The standard InChI is InChI=1S/C16H27N3O2/c17-9-12-3-1-5-14(12)18-15(20)13-4-2-8-19(10-13)16(21)11-6-7-11/h11-14H,1-10,17H2,(H,18,20). The lowest BCUT2D eigenvalue weighted by Crippen LogP contribution is -2.49. The Labute approximate surface area is 126 Å². The summed E-state index contributed by atoms with van der Waals surface area (Å²) in [5.41, 5.74) is 5.78. The number of nitrogens with two attached hydrogens (primary N) is 1. The van der Waals surface area contributed by atoms with Crippen molar-refractivity contribution in [2.75, 3.05) is 19.6 Å². The fourth-order valence-electron chi connectivity index (χ4n) is 3.79. The van der Waals surface area contributed by atoms with Crippen molar-refractivity contribution in [2.45, 2.75) is 51.0 Å². The molecule has 0 spiro atoms. The lowest BCUT2D eigenvalue weighted by molar-refractivity contribution is -0.137. The summed E-state index contributed by atoms with van der Waals surface area (Å²) in [5.74, 6) is 1.06. The summed E-state index contributed by atoms with van der Waals surface area (Å²) in [7, 11) is 0. The third-order valence-electron chi connectivity index (χ3n) is 5.32. The number of amides is 2. The van der Waals surface area contributed by atoms with Crippen molar-refractivity contribution in [2.24, 2.45) is 23.5 Å². The monoisotopic (exact) mass is 293 g/mol. The Morgan fingerprint density at radius 1 is 1.05 bits per heavy atom. The lowest BCUT2D eigenvalue weighted by Gasteiger charge is -2.33. The molecule has 118 valence electrons. The Morgan fingerprint density at radius 2 is 1.86 bits per heavy atom. The van der Waals surface area contributed by atoms with Crippen molar-refractivity contribution in [3.05, 3.63) is 0 Å². The predicted molar refractivity (Wildman–Crippen MR) is 80.4 cm³/mol. The normalized spacial score (nSPS) is 33.0. The average Bonchev–Trinajstić information content (AvgIpc) is 3.27. The van der Waals surface area contributed by atoms with Crippen molar-refractivity contribution >= 4 is 11.8 Å². The number of piperidine rings is 1. The number of hydrogen-bond donors (Lipinski definition) is 2. The molecule has 0 aromatic rings. The van der Waals surface area contributed by atoms with Gasteiger partial charge in [-0.1, -0.05) is 6.42 Å². The van der Waals surface area contributed by atoms with Crippen LogP contribution < -0.4 is 11.1 Å². The predicted octanol–water partition coefficient (Wildman–Crippen LogP) is 0.879. The summed E-state index contributed by atoms with van der Waals surface area (Å²) in [6.07, 6.45) is 7.24. The summed E-state index contributed by atoms with van der Waals surface area (Å²) >= 11 is 0. The minimum atomic E-state index is -0.0273. The Kier molecular flexibility index (Phi) is 4.48. The highest BCUT2D eigenvalue weighted by Crippen LogP contribution is 2.32. The zero-order chi connectivity index (χ0) is 14.8. The molecule has 0 aromatic heterocycles. The first-order valence-electron chi connectivity index (χ1n) is 8.48. The summed E-state index contributed by atoms with van der Waals surface area (Å²) < 4.78 is 0. The van der Waals surface area contributed by atoms with Crippen molar-refractivity contribution in [3.63, 3.8) is 0 Å². The molecule has 5 nitrogen and oxygen atoms in total. The molecule has 1 saturated heterocycles. The van der Waals surface area contributed by atoms with Gasteiger partial charge in [0.1, 0.15) is 0 Å². The highest BCUT2D eigenvalue weighted by atomic mass is 16.2. The van der Waals surface area contributed by atoms with Gasteiger partial charge in [-0.05, 0) is 51.0 Å². The van der Waals surface area contributed by atoms with E-state index in [2.05, 4.69) is 5.32 Å². The molecule has 3 atom stereocenters. The van der Waals surface area contributed by atoms with Gasteiger partial charge in [0.15, 0.2) is 0 Å². The molecule has 3 unspecified atom stereocenters. The van der Waals surface area contributed by atoms with Crippen LogP contribution in [-0.4, -0.2) is 42.4 Å². The average molecular weight is 293 g/mol. The highest BCUT2D eigenvalue weighted by Gasteiger charge is 2.37. The van der Waals surface area contributed by atoms with Crippen LogP contribution in [0.1, 0.15) is 44.9 Å². The van der Waals surface area contributed by atoms with E-state index < -0.39 is 0 Å². The molecule has 2 amide bonds. The van der Waals surface area contributed by atoms with Crippen LogP contribution in [0, 0.1) is 17.8 Å². The van der Waals surface area contributed by atoms with E-state index in [-0.39, 0.29) is 29.7 Å². The van der Waals surface area contributed by atoms with E-state index in [1.54, 1.807) is 0 Å². The maximum Gasteiger partial charge on any atom is 0.225 e. The van der Waals surface area contributed by atoms with Crippen LogP contribution in [-0.2, 0) is 9.59 Å². The summed E-state index contributed by atoms with van der Waals surface area (Å²) in [6.45, 7) is 2.09. The van der Waals surface area contributed by atoms with Crippen LogP contribution in [0.25, 0.3) is 0 Å². The van der Waals surface area contributed by atoms with Crippen LogP contribution in [0.4, 0.5) is 0 Å². The number of carbonyl (C=O) groups excluding carboxylic acids is 2. The molecule has 0 bridgehead atoms. The van der Waals surface area contributed by atoms with E-state index >= 15 is 0 Å². The maximum absolute atomic E-state index is 12.5. The molecule has 5 heteroatoms. The topological polar surface area (TPSA) is 75.4 Å². The smallest absolute Gasteiger partial charge is 0.225 e. The van der Waals surface area contributed by atoms with Gasteiger partial charge in [0.05, 0.1) is 5.92 Å². The summed E-state index contributed by atoms with van der Waals surface area (Å²) in [5, 5.41) is 3.20. The third kappa shape index (κ3) is 3.39. The first-order chi connectivity index (χ1) is 10.2. The minimum Gasteiger partial charge on any atom is -0.353 e. The van der Waals surface area contributed by atoms with Gasteiger partial charge in [-0.25, -0.2) is 0 Å². The highest BCUT2D eigenvalue weighted by molar-refractivity contribution is 5.83. The van der Waals surface area contributed by atoms with Gasteiger partial charge in [0, 0.05) is 25.0 Å². The number of nitrogens with one attached hydrogen (secondary N) is 1. The fourth-order valence-corrected chi connectivity index (χ4v) is 3.79. The molecule has 1 heterocycles. The van der Waals surface area contributed by atoms with Gasteiger partial charge in [0.25, 0.3) is 0 Å². The summed E-state index contributed by atoms with van der Waals surface area (Å²) in [6, 6.07) is 0.247. The lowest BCUT2D eigenvalue weighted by atomic mass is 9.95. The molecule has 21 heavy (non-hydrogen) atoms. The van der Waals surface area contributed by atoms with E-state index in [0.717, 1.165) is 51.5 Å². The van der Waals surface area contributed by atoms with Crippen LogP contribution in [0.5, 0.6) is 0 Å². The molecule has 0 radical (unpaired) electrons. The Morgan fingerprint density at radius 3 is 2.57 bits per heavy atom. The van der Waals surface area contributed by atoms with Gasteiger partial charge < -0.3 is 16.0 Å². The minimum absolute atomic E-state index is 0.0273. The van der Waals surface area contributed by atoms with Crippen molar-refractivity contribution in [1.29, 1.82) is 0 Å². The quantitative estimate of drug-likeness (QED) is 0.808. The second-order valence-electron chi connectivity index (χ2n) is 6.94. The maximum atomic E-state index is 12.5. The number of nitrogens with zero attached hydrogens (tertiary/aromatic N) is 1. The SMILES string of the molecule is NCC1CCCC1NC(=O)C1CCCN(C(=O)C2CC2)C1. The van der Waals surface area contributed by atoms with E-state index in [0.29, 0.717) is 19.0 Å². The van der Waals surface area contributed by atoms with E-state index in [1.807, 2.05) is 4.90 Å². The van der Waals surface area contributed by atoms with Gasteiger partial charge in [0.2, 0.25) is 11.8 Å². The Balaban J connectivity index is 1.53. The molecule has 0 aromatic carbocycles. The first kappa shape index (κ1) is 14.8. The molecule has 3 fully saturated rings. The number of likely N-dealkylation sites (tertiary alicyclic amines) is 1. The molecular weight excluding hydrogens is 266 g/mol. The van der Waals surface area contributed by atoms with Gasteiger partial charge in [-0.3, -0.25) is 9.59 Å². The molecule has 2 saturated carbocycles. The van der Waals surface area contributed by atoms with Crippen molar-refractivity contribution < 1.29 is 9.59 Å². The van der Waals surface area contributed by atoms with Crippen LogP contribution in [0.15, 0.2) is 0 Å². The van der Waals surface area contributed by atoms with E-state index in [4.69, 9.17) is 5.73 Å². The van der Waals surface area contributed by atoms with Gasteiger partial charge >= 0.3 is 0 Å². The number of hydrogen-bond acceptors (Lipinski definition) is 3. The molecule has 3 rings (SSSR count). The molecule has 1 aliphatic heterocycles. The third-order valence-corrected chi connectivity index (χ3v) is 5.32. The van der Waals surface area contributed by atoms with Crippen molar-refractivity contribution in [3.8, 4) is 0 Å². The van der Waals surface area contributed by atoms with Gasteiger partial charge in [-0.2, -0.15) is 0 Å². The fraction of sp³-hybridized carbons (Fsp3) is 0.875. The molecule has 3 N–H and O–H groups in total. The molecule has 3 aliphatic rings. The van der Waals surface area contributed by atoms with Gasteiger partial charge in [-0.15, -0.1) is 0 Å². The second-order valence-corrected chi connectivity index (χ2v) is 6.94. The second kappa shape index (κ2) is 6.34. The van der Waals surface area contributed by atoms with E-state index in [9.17, 15) is 9.59 Å². The van der Waals surface area contributed by atoms with E-state index in [1.165, 1.54) is 0 Å². The zero-order valence-electron chi connectivity index (χ0n) is 12.7. The molecular formula is C16H27N3O2. The number of carbonyl (C=O) groups is 2. The number of rotatable bonds is 4. The Bertz CT molecular complexity index is 408. The first-order valence-corrected chi connectivity index (χ1v) is 8.48. The van der Waals surface area contributed by atoms with Crippen LogP contribution in [0.2, 0.25) is 0 Å². The summed E-state index contributed by atoms with van der Waals surface area (Å²) in [4.78, 5) is 26.5. The van der Waals surface area contributed by atoms with Crippen LogP contribution in [0.3, 0.4) is 0 Å². The zero-order valence-corrected chi connectivity index (χ0v) is 12.7. The van der Waals surface area contributed by atoms with Crippen LogP contribution >= 0.6 is 0 Å². The Hall–Kier alpha value is -1.10. The van der Waals surface area contributed by atoms with Crippen molar-refractivity contribution in [1.82, 2.24) is 10.2 Å².